The van der Waals surface area contributed by atoms with Crippen LogP contribution in [0.5, 0.6) is 0 Å². The molecule has 6 nitrogen and oxygen atoms in total. The van der Waals surface area contributed by atoms with Gasteiger partial charge in [-0.3, -0.25) is 14.5 Å². The van der Waals surface area contributed by atoms with Crippen molar-refractivity contribution in [2.24, 2.45) is 0 Å². The molecule has 6 heteroatoms. The normalized spacial score (nSPS) is 20.6. The maximum absolute atomic E-state index is 12.2. The molecule has 0 spiro atoms. The van der Waals surface area contributed by atoms with Crippen molar-refractivity contribution in [3.8, 4) is 0 Å². The summed E-state index contributed by atoms with van der Waals surface area (Å²) in [6.45, 7) is 3.15. The highest BCUT2D eigenvalue weighted by Gasteiger charge is 2.25. The smallest absolute Gasteiger partial charge is 0.289 e. The average Bonchev–Trinajstić information content (AvgIpc) is 3.01. The van der Waals surface area contributed by atoms with Crippen LogP contribution in [0.4, 0.5) is 0 Å². The van der Waals surface area contributed by atoms with E-state index in [2.05, 4.69) is 10.2 Å². The zero-order valence-corrected chi connectivity index (χ0v) is 14.2. The number of piperazine rings is 1. The first kappa shape index (κ1) is 17.0. The van der Waals surface area contributed by atoms with Gasteiger partial charge in [0.25, 0.3) is 5.91 Å². The third kappa shape index (κ3) is 4.60. The highest BCUT2D eigenvalue weighted by Crippen LogP contribution is 2.17. The maximum atomic E-state index is 12.2. The Morgan fingerprint density at radius 2 is 1.79 bits per heavy atom. The molecule has 1 aliphatic heterocycles. The number of hydrogen-bond donors (Lipinski definition) is 1. The molecule has 3 rings (SSSR count). The summed E-state index contributed by atoms with van der Waals surface area (Å²) in [4.78, 5) is 28.4. The summed E-state index contributed by atoms with van der Waals surface area (Å²) in [5.74, 6) is 0.435. The SMILES string of the molecule is O=C(CN1CCN(C(=O)c2ccco2)CC1)NC1CCCCCC1. The van der Waals surface area contributed by atoms with Crippen LogP contribution in [0.2, 0.25) is 0 Å². The van der Waals surface area contributed by atoms with Crippen LogP contribution in [0, 0.1) is 0 Å². The summed E-state index contributed by atoms with van der Waals surface area (Å²) < 4.78 is 5.17. The monoisotopic (exact) mass is 333 g/mol. The Bertz CT molecular complexity index is 528. The lowest BCUT2D eigenvalue weighted by atomic mass is 10.1. The molecule has 0 atom stereocenters. The molecule has 0 bridgehead atoms. The molecule has 132 valence electrons. The summed E-state index contributed by atoms with van der Waals surface area (Å²) in [6, 6.07) is 3.76. The number of amides is 2. The third-order valence-electron chi connectivity index (χ3n) is 4.98. The van der Waals surface area contributed by atoms with Crippen LogP contribution in [-0.2, 0) is 4.79 Å². The minimum Gasteiger partial charge on any atom is -0.459 e. The summed E-state index contributed by atoms with van der Waals surface area (Å²) >= 11 is 0. The van der Waals surface area contributed by atoms with E-state index in [0.717, 1.165) is 25.9 Å². The Kier molecular flexibility index (Phi) is 5.91. The first-order valence-corrected chi connectivity index (χ1v) is 9.07. The topological polar surface area (TPSA) is 65.8 Å². The molecule has 1 N–H and O–H groups in total. The van der Waals surface area contributed by atoms with E-state index in [1.807, 2.05) is 0 Å². The molecule has 1 aliphatic carbocycles. The molecule has 1 aromatic rings. The van der Waals surface area contributed by atoms with Gasteiger partial charge in [-0.1, -0.05) is 25.7 Å². The van der Waals surface area contributed by atoms with Crippen molar-refractivity contribution in [2.75, 3.05) is 32.7 Å². The lowest BCUT2D eigenvalue weighted by Gasteiger charge is -2.34. The predicted molar refractivity (Wildman–Crippen MR) is 90.7 cm³/mol. The highest BCUT2D eigenvalue weighted by molar-refractivity contribution is 5.91. The second kappa shape index (κ2) is 8.33. The molecular weight excluding hydrogens is 306 g/mol. The standard InChI is InChI=1S/C18H27N3O3/c22-17(19-15-6-3-1-2-4-7-15)14-20-9-11-21(12-10-20)18(23)16-8-5-13-24-16/h5,8,13,15H,1-4,6-7,9-12,14H2,(H,19,22). The highest BCUT2D eigenvalue weighted by atomic mass is 16.3. The molecule has 2 fully saturated rings. The number of carbonyl (C=O) groups is 2. The van der Waals surface area contributed by atoms with Crippen molar-refractivity contribution < 1.29 is 14.0 Å². The van der Waals surface area contributed by atoms with E-state index in [-0.39, 0.29) is 11.8 Å². The molecular formula is C18H27N3O3. The summed E-state index contributed by atoms with van der Waals surface area (Å²) in [5, 5.41) is 3.19. The van der Waals surface area contributed by atoms with Gasteiger partial charge in [0, 0.05) is 32.2 Å². The van der Waals surface area contributed by atoms with Crippen molar-refractivity contribution in [1.82, 2.24) is 15.1 Å². The van der Waals surface area contributed by atoms with E-state index in [9.17, 15) is 9.59 Å². The van der Waals surface area contributed by atoms with Gasteiger partial charge in [-0.25, -0.2) is 0 Å². The Hall–Kier alpha value is -1.82. The largest absolute Gasteiger partial charge is 0.459 e. The first-order chi connectivity index (χ1) is 11.7. The second-order valence-electron chi connectivity index (χ2n) is 6.80. The Labute approximate surface area is 143 Å². The molecule has 2 amide bonds. The quantitative estimate of drug-likeness (QED) is 0.855. The van der Waals surface area contributed by atoms with Gasteiger partial charge in [0.15, 0.2) is 5.76 Å². The zero-order chi connectivity index (χ0) is 16.8. The number of carbonyl (C=O) groups excluding carboxylic acids is 2. The van der Waals surface area contributed by atoms with Crippen LogP contribution in [0.3, 0.4) is 0 Å². The van der Waals surface area contributed by atoms with Gasteiger partial charge in [-0.05, 0) is 25.0 Å². The van der Waals surface area contributed by atoms with Crippen molar-refractivity contribution in [2.45, 2.75) is 44.6 Å². The molecule has 24 heavy (non-hydrogen) atoms. The van der Waals surface area contributed by atoms with Gasteiger partial charge in [0.2, 0.25) is 5.91 Å². The summed E-state index contributed by atoms with van der Waals surface area (Å²) in [5.41, 5.74) is 0. The number of rotatable bonds is 4. The van der Waals surface area contributed by atoms with E-state index < -0.39 is 0 Å². The maximum Gasteiger partial charge on any atom is 0.289 e. The molecule has 0 unspecified atom stereocenters. The molecule has 1 saturated carbocycles. The Morgan fingerprint density at radius 3 is 2.42 bits per heavy atom. The fourth-order valence-electron chi connectivity index (χ4n) is 3.57. The number of nitrogens with one attached hydrogen (secondary N) is 1. The number of nitrogens with zero attached hydrogens (tertiary/aromatic N) is 2. The van der Waals surface area contributed by atoms with Crippen LogP contribution < -0.4 is 5.32 Å². The van der Waals surface area contributed by atoms with Crippen LogP contribution in [0.1, 0.15) is 49.1 Å². The van der Waals surface area contributed by atoms with E-state index in [1.165, 1.54) is 31.9 Å². The fourth-order valence-corrected chi connectivity index (χ4v) is 3.57. The van der Waals surface area contributed by atoms with Crippen molar-refractivity contribution in [3.05, 3.63) is 24.2 Å². The van der Waals surface area contributed by atoms with E-state index in [0.29, 0.717) is 31.4 Å². The van der Waals surface area contributed by atoms with Gasteiger partial charge >= 0.3 is 0 Å². The minimum absolute atomic E-state index is 0.0671. The second-order valence-corrected chi connectivity index (χ2v) is 6.80. The Balaban J connectivity index is 1.40. The number of furan rings is 1. The van der Waals surface area contributed by atoms with Gasteiger partial charge in [-0.15, -0.1) is 0 Å². The molecule has 1 aromatic heterocycles. The van der Waals surface area contributed by atoms with Crippen LogP contribution in [0.15, 0.2) is 22.8 Å². The van der Waals surface area contributed by atoms with E-state index >= 15 is 0 Å². The predicted octanol–water partition coefficient (Wildman–Crippen LogP) is 1.88. The first-order valence-electron chi connectivity index (χ1n) is 9.07. The van der Waals surface area contributed by atoms with Crippen LogP contribution in [-0.4, -0.2) is 60.4 Å². The molecule has 2 aliphatic rings. The Morgan fingerprint density at radius 1 is 1.08 bits per heavy atom. The van der Waals surface area contributed by atoms with Crippen molar-refractivity contribution in [3.63, 3.8) is 0 Å². The van der Waals surface area contributed by atoms with Gasteiger partial charge < -0.3 is 14.6 Å². The summed E-state index contributed by atoms with van der Waals surface area (Å²) in [7, 11) is 0. The molecule has 2 heterocycles. The van der Waals surface area contributed by atoms with Gasteiger partial charge in [0.1, 0.15) is 0 Å². The van der Waals surface area contributed by atoms with Gasteiger partial charge in [0.05, 0.1) is 12.8 Å². The van der Waals surface area contributed by atoms with Crippen molar-refractivity contribution >= 4 is 11.8 Å². The average molecular weight is 333 g/mol. The van der Waals surface area contributed by atoms with E-state index in [1.54, 1.807) is 17.0 Å². The number of hydrogen-bond acceptors (Lipinski definition) is 4. The fraction of sp³-hybridized carbons (Fsp3) is 0.667. The van der Waals surface area contributed by atoms with Gasteiger partial charge in [-0.2, -0.15) is 0 Å². The molecule has 0 radical (unpaired) electrons. The van der Waals surface area contributed by atoms with E-state index in [4.69, 9.17) is 4.42 Å². The van der Waals surface area contributed by atoms with Crippen molar-refractivity contribution in [1.29, 1.82) is 0 Å². The lowest BCUT2D eigenvalue weighted by Crippen LogP contribution is -2.51. The lowest BCUT2D eigenvalue weighted by molar-refractivity contribution is -0.123. The third-order valence-corrected chi connectivity index (χ3v) is 4.98. The minimum atomic E-state index is -0.0671. The van der Waals surface area contributed by atoms with Crippen LogP contribution in [0.25, 0.3) is 0 Å². The molecule has 1 saturated heterocycles. The van der Waals surface area contributed by atoms with Crippen LogP contribution >= 0.6 is 0 Å². The zero-order valence-electron chi connectivity index (χ0n) is 14.2. The summed E-state index contributed by atoms with van der Waals surface area (Å²) in [6.07, 6.45) is 8.75. The molecule has 0 aromatic carbocycles.